The number of cyclic esters (lactones) is 2. The lowest BCUT2D eigenvalue weighted by molar-refractivity contribution is -0.176. The van der Waals surface area contributed by atoms with E-state index in [2.05, 4.69) is 10.3 Å². The van der Waals surface area contributed by atoms with Crippen LogP contribution in [0.25, 0.3) is 0 Å². The normalized spacial score (nSPS) is 22.6. The number of nitrogens with one attached hydrogen (secondary N) is 1. The summed E-state index contributed by atoms with van der Waals surface area (Å²) in [6.45, 7) is 4.25. The summed E-state index contributed by atoms with van der Waals surface area (Å²) in [5, 5.41) is 2.49. The average Bonchev–Trinajstić information content (AvgIpc) is 3.56. The third-order valence-electron chi connectivity index (χ3n) is 7.66. The predicted molar refractivity (Wildman–Crippen MR) is 155 cm³/mol. The van der Waals surface area contributed by atoms with E-state index in [1.807, 2.05) is 30.3 Å². The number of carbonyl (C=O) groups is 5. The van der Waals surface area contributed by atoms with Gasteiger partial charge in [0.25, 0.3) is 5.91 Å². The molecule has 1 aromatic carbocycles. The highest BCUT2D eigenvalue weighted by Crippen LogP contribution is 2.33. The number of hydrogen-bond donors (Lipinski definition) is 1. The second kappa shape index (κ2) is 14.8. The summed E-state index contributed by atoms with van der Waals surface area (Å²) in [5.74, 6) is -5.49. The molecule has 4 unspecified atom stereocenters. The van der Waals surface area contributed by atoms with Crippen LogP contribution in [0.4, 0.5) is 0 Å². The Balaban J connectivity index is 1.57. The third kappa shape index (κ3) is 7.91. The van der Waals surface area contributed by atoms with Gasteiger partial charge in [-0.05, 0) is 31.7 Å². The number of hydrogen-bond acceptors (Lipinski definition) is 11. The lowest BCUT2D eigenvalue weighted by Crippen LogP contribution is -2.47. The van der Waals surface area contributed by atoms with Gasteiger partial charge in [-0.15, -0.1) is 0 Å². The third-order valence-corrected chi connectivity index (χ3v) is 7.66. The van der Waals surface area contributed by atoms with Gasteiger partial charge in [0.05, 0.1) is 18.9 Å². The molecule has 1 N–H and O–H groups in total. The van der Waals surface area contributed by atoms with Gasteiger partial charge in [0, 0.05) is 12.3 Å². The molecule has 1 saturated carbocycles. The molecule has 1 saturated heterocycles. The first-order valence-electron chi connectivity index (χ1n) is 14.8. The first-order valence-corrected chi connectivity index (χ1v) is 14.8. The zero-order chi connectivity index (χ0) is 31.8. The van der Waals surface area contributed by atoms with Crippen molar-refractivity contribution in [3.63, 3.8) is 0 Å². The number of ether oxygens (including phenoxy) is 5. The molecule has 1 amide bonds. The first-order chi connectivity index (χ1) is 21.1. The fourth-order valence-corrected chi connectivity index (χ4v) is 5.17. The highest BCUT2D eigenvalue weighted by atomic mass is 16.6. The van der Waals surface area contributed by atoms with Crippen molar-refractivity contribution >= 4 is 29.8 Å². The Morgan fingerprint density at radius 3 is 2.41 bits per heavy atom. The van der Waals surface area contributed by atoms with Gasteiger partial charge in [-0.25, -0.2) is 9.78 Å². The summed E-state index contributed by atoms with van der Waals surface area (Å²) in [7, 11) is 1.36. The molecule has 4 rings (SSSR count). The Hall–Kier alpha value is -4.48. The van der Waals surface area contributed by atoms with Gasteiger partial charge in [-0.3, -0.25) is 19.2 Å². The minimum absolute atomic E-state index is 0.104. The summed E-state index contributed by atoms with van der Waals surface area (Å²) < 4.78 is 27.8. The molecule has 2 aromatic rings. The van der Waals surface area contributed by atoms with E-state index in [-0.39, 0.29) is 29.5 Å². The molecule has 0 radical (unpaired) electrons. The Morgan fingerprint density at radius 2 is 1.75 bits per heavy atom. The van der Waals surface area contributed by atoms with Gasteiger partial charge in [-0.2, -0.15) is 0 Å². The fraction of sp³-hybridized carbons (Fsp3) is 0.500. The number of esters is 4. The highest BCUT2D eigenvalue weighted by molar-refractivity contribution is 5.99. The second-order valence-electron chi connectivity index (χ2n) is 11.2. The summed E-state index contributed by atoms with van der Waals surface area (Å²) >= 11 is 0. The van der Waals surface area contributed by atoms with Gasteiger partial charge in [0.1, 0.15) is 18.6 Å². The largest absolute Gasteiger partial charge is 0.493 e. The maximum absolute atomic E-state index is 13.4. The number of pyridine rings is 1. The minimum atomic E-state index is -1.45. The van der Waals surface area contributed by atoms with Crippen LogP contribution in [0.3, 0.4) is 0 Å². The molecule has 44 heavy (non-hydrogen) atoms. The van der Waals surface area contributed by atoms with Crippen molar-refractivity contribution in [2.45, 2.75) is 71.1 Å². The molecule has 12 heteroatoms. The van der Waals surface area contributed by atoms with Gasteiger partial charge < -0.3 is 29.0 Å². The molecule has 1 aliphatic carbocycles. The summed E-state index contributed by atoms with van der Waals surface area (Å²) in [6, 6.07) is 9.09. The van der Waals surface area contributed by atoms with Crippen molar-refractivity contribution in [1.82, 2.24) is 10.3 Å². The lowest BCUT2D eigenvalue weighted by atomic mass is 9.91. The molecule has 0 bridgehead atoms. The first kappa shape index (κ1) is 32.4. The van der Waals surface area contributed by atoms with E-state index in [0.29, 0.717) is 12.8 Å². The maximum Gasteiger partial charge on any atom is 0.332 e. The highest BCUT2D eigenvalue weighted by Gasteiger charge is 2.42. The zero-order valence-electron chi connectivity index (χ0n) is 25.3. The predicted octanol–water partition coefficient (Wildman–Crippen LogP) is 3.20. The number of aromatic nitrogens is 1. The Bertz CT molecular complexity index is 1360. The van der Waals surface area contributed by atoms with Gasteiger partial charge in [0.2, 0.25) is 5.75 Å². The van der Waals surface area contributed by atoms with Gasteiger partial charge >= 0.3 is 23.9 Å². The van der Waals surface area contributed by atoms with Crippen molar-refractivity contribution < 1.29 is 47.7 Å². The zero-order valence-corrected chi connectivity index (χ0v) is 25.3. The molecule has 4 atom stereocenters. The Labute approximate surface area is 255 Å². The number of benzene rings is 1. The number of carbonyl (C=O) groups excluding carboxylic acids is 5. The average molecular weight is 611 g/mol. The molecule has 12 nitrogen and oxygen atoms in total. The molecule has 236 valence electrons. The van der Waals surface area contributed by atoms with E-state index in [4.69, 9.17) is 23.7 Å². The summed E-state index contributed by atoms with van der Waals surface area (Å²) in [5.41, 5.74) is 0.486. The van der Waals surface area contributed by atoms with Gasteiger partial charge in [-0.1, -0.05) is 57.0 Å². The van der Waals surface area contributed by atoms with Crippen molar-refractivity contribution in [3.8, 4) is 11.5 Å². The van der Waals surface area contributed by atoms with E-state index in [9.17, 15) is 24.0 Å². The fourth-order valence-electron chi connectivity index (χ4n) is 5.17. The number of nitrogens with zero attached hydrogens (tertiary/aromatic N) is 1. The topological polar surface area (TPSA) is 156 Å². The van der Waals surface area contributed by atoms with Crippen LogP contribution in [0.2, 0.25) is 0 Å². The van der Waals surface area contributed by atoms with E-state index >= 15 is 0 Å². The number of amides is 1. The van der Waals surface area contributed by atoms with Crippen LogP contribution >= 0.6 is 0 Å². The second-order valence-corrected chi connectivity index (χ2v) is 11.2. The number of methoxy groups -OCH3 is 1. The van der Waals surface area contributed by atoms with Crippen LogP contribution in [-0.2, 0) is 39.8 Å². The maximum atomic E-state index is 13.4. The van der Waals surface area contributed by atoms with Crippen LogP contribution in [0.1, 0.15) is 62.5 Å². The van der Waals surface area contributed by atoms with E-state index in [1.165, 1.54) is 26.3 Å². The molecule has 2 heterocycles. The van der Waals surface area contributed by atoms with Gasteiger partial charge in [0.15, 0.2) is 23.6 Å². The van der Waals surface area contributed by atoms with E-state index in [1.54, 1.807) is 13.8 Å². The van der Waals surface area contributed by atoms with Crippen LogP contribution in [-0.4, -0.2) is 66.7 Å². The molecule has 1 aliphatic heterocycles. The van der Waals surface area contributed by atoms with Crippen LogP contribution in [0.5, 0.6) is 11.5 Å². The standard InChI is InChI=1S/C32H38N2O10/c1-18(2)29(36)43-26-19(3)42-32(39)23(17-41-31(38)22(26)16-20-10-6-5-7-11-20)34-28(35)25-27(24(40-4)14-15-33-25)44-30(37)21-12-8-9-13-21/h5-7,10-11,14-15,18-19,21-23,26H,8-9,12-13,16-17H2,1-4H3,(H,34,35). The summed E-state index contributed by atoms with van der Waals surface area (Å²) in [6.07, 6.45) is 2.39. The molecular formula is C32H38N2O10. The SMILES string of the molecule is COc1ccnc(C(=O)NC2COC(=O)C(Cc3ccccc3)C(OC(=O)C(C)C)C(C)OC2=O)c1OC(=O)C1CCCC1. The van der Waals surface area contributed by atoms with Crippen LogP contribution < -0.4 is 14.8 Å². The minimum Gasteiger partial charge on any atom is -0.493 e. The van der Waals surface area contributed by atoms with Crippen LogP contribution in [0.15, 0.2) is 42.6 Å². The quantitative estimate of drug-likeness (QED) is 0.329. The number of rotatable bonds is 9. The summed E-state index contributed by atoms with van der Waals surface area (Å²) in [4.78, 5) is 69.7. The van der Waals surface area contributed by atoms with Crippen molar-refractivity contribution in [3.05, 3.63) is 53.9 Å². The molecule has 0 spiro atoms. The molecule has 2 aliphatic rings. The van der Waals surface area contributed by atoms with Crippen LogP contribution in [0, 0.1) is 17.8 Å². The van der Waals surface area contributed by atoms with Crippen molar-refractivity contribution in [1.29, 1.82) is 0 Å². The molecule has 2 fully saturated rings. The molecule has 1 aromatic heterocycles. The van der Waals surface area contributed by atoms with E-state index < -0.39 is 66.5 Å². The Kier molecular flexibility index (Phi) is 10.9. The lowest BCUT2D eigenvalue weighted by Gasteiger charge is -2.29. The van der Waals surface area contributed by atoms with Crippen molar-refractivity contribution in [2.75, 3.05) is 13.7 Å². The smallest absolute Gasteiger partial charge is 0.332 e. The van der Waals surface area contributed by atoms with Crippen molar-refractivity contribution in [2.24, 2.45) is 17.8 Å². The monoisotopic (exact) mass is 610 g/mol. The molecular weight excluding hydrogens is 572 g/mol. The van der Waals surface area contributed by atoms with E-state index in [0.717, 1.165) is 18.4 Å². The Morgan fingerprint density at radius 1 is 1.05 bits per heavy atom.